The van der Waals surface area contributed by atoms with E-state index in [0.717, 1.165) is 4.31 Å². The molecule has 1 rings (SSSR count). The van der Waals surface area contributed by atoms with Gasteiger partial charge in [0, 0.05) is 14.1 Å². The van der Waals surface area contributed by atoms with Crippen LogP contribution in [0.2, 0.25) is 0 Å². The molecule has 0 unspecified atom stereocenters. The number of nitriles is 1. The fourth-order valence-corrected chi connectivity index (χ4v) is 2.12. The van der Waals surface area contributed by atoms with Gasteiger partial charge in [-0.3, -0.25) is 4.68 Å². The van der Waals surface area contributed by atoms with E-state index >= 15 is 0 Å². The summed E-state index contributed by atoms with van der Waals surface area (Å²) >= 11 is 0. The Balaban J connectivity index is 3.10. The molecule has 14 heavy (non-hydrogen) atoms. The van der Waals surface area contributed by atoms with Gasteiger partial charge in [0.1, 0.15) is 6.54 Å². The summed E-state index contributed by atoms with van der Waals surface area (Å²) in [7, 11) is -0.690. The zero-order valence-electron chi connectivity index (χ0n) is 7.88. The number of aryl methyl sites for hydroxylation is 1. The van der Waals surface area contributed by atoms with Gasteiger partial charge in [0.25, 0.3) is 10.0 Å². The standard InChI is InChI=1S/C7H10N4O2S/c1-10(6-4-8)14(12,13)7-3-5-9-11(7)2/h3,5H,6H2,1-2H3. The first-order chi connectivity index (χ1) is 6.50. The predicted molar refractivity (Wildman–Crippen MR) is 48.6 cm³/mol. The van der Waals surface area contributed by atoms with Gasteiger partial charge in [-0.2, -0.15) is 14.7 Å². The van der Waals surface area contributed by atoms with Crippen molar-refractivity contribution in [1.82, 2.24) is 14.1 Å². The summed E-state index contributed by atoms with van der Waals surface area (Å²) in [4.78, 5) is 0. The van der Waals surface area contributed by atoms with Crippen LogP contribution >= 0.6 is 0 Å². The van der Waals surface area contributed by atoms with Crippen LogP contribution < -0.4 is 0 Å². The number of sulfonamides is 1. The van der Waals surface area contributed by atoms with Gasteiger partial charge < -0.3 is 0 Å². The SMILES string of the molecule is CN(CC#N)S(=O)(=O)c1ccnn1C. The monoisotopic (exact) mass is 214 g/mol. The molecule has 7 heteroatoms. The molecule has 0 N–H and O–H groups in total. The van der Waals surface area contributed by atoms with Crippen molar-refractivity contribution in [3.63, 3.8) is 0 Å². The smallest absolute Gasteiger partial charge is 0.256 e. The van der Waals surface area contributed by atoms with Crippen molar-refractivity contribution >= 4 is 10.0 Å². The molecule has 0 fully saturated rings. The molecule has 1 heterocycles. The summed E-state index contributed by atoms with van der Waals surface area (Å²) < 4.78 is 25.7. The zero-order valence-corrected chi connectivity index (χ0v) is 8.69. The molecule has 0 spiro atoms. The molecule has 0 amide bonds. The molecule has 76 valence electrons. The van der Waals surface area contributed by atoms with Crippen molar-refractivity contribution in [2.24, 2.45) is 7.05 Å². The Morgan fingerprint density at radius 3 is 2.79 bits per heavy atom. The molecule has 1 aromatic rings. The number of rotatable bonds is 3. The van der Waals surface area contributed by atoms with E-state index in [9.17, 15) is 8.42 Å². The molecule has 0 aliphatic heterocycles. The van der Waals surface area contributed by atoms with E-state index in [4.69, 9.17) is 5.26 Å². The lowest BCUT2D eigenvalue weighted by Gasteiger charge is -2.12. The van der Waals surface area contributed by atoms with E-state index in [1.54, 1.807) is 6.07 Å². The summed E-state index contributed by atoms with van der Waals surface area (Å²) in [5.74, 6) is 0. The van der Waals surface area contributed by atoms with Gasteiger partial charge in [0.15, 0.2) is 5.03 Å². The number of nitrogens with zero attached hydrogens (tertiary/aromatic N) is 4. The van der Waals surface area contributed by atoms with Crippen molar-refractivity contribution in [1.29, 1.82) is 5.26 Å². The van der Waals surface area contributed by atoms with Crippen LogP contribution in [0, 0.1) is 11.3 Å². The van der Waals surface area contributed by atoms with E-state index in [-0.39, 0.29) is 11.6 Å². The lowest BCUT2D eigenvalue weighted by Crippen LogP contribution is -2.28. The summed E-state index contributed by atoms with van der Waals surface area (Å²) in [5.41, 5.74) is 0. The number of aromatic nitrogens is 2. The van der Waals surface area contributed by atoms with Gasteiger partial charge >= 0.3 is 0 Å². The minimum Gasteiger partial charge on any atom is -0.256 e. The second-order valence-electron chi connectivity index (χ2n) is 2.71. The Labute approximate surface area is 82.4 Å². The summed E-state index contributed by atoms with van der Waals surface area (Å²) in [5, 5.41) is 12.2. The third-order valence-electron chi connectivity index (χ3n) is 1.74. The first-order valence-electron chi connectivity index (χ1n) is 3.81. The van der Waals surface area contributed by atoms with E-state index in [2.05, 4.69) is 5.10 Å². The maximum atomic E-state index is 11.7. The Morgan fingerprint density at radius 1 is 1.71 bits per heavy atom. The highest BCUT2D eigenvalue weighted by molar-refractivity contribution is 7.89. The van der Waals surface area contributed by atoms with E-state index < -0.39 is 10.0 Å². The van der Waals surface area contributed by atoms with Crippen LogP contribution in [0.4, 0.5) is 0 Å². The molecule has 0 atom stereocenters. The second kappa shape index (κ2) is 3.77. The van der Waals surface area contributed by atoms with E-state index in [1.807, 2.05) is 0 Å². The molecule has 0 aliphatic rings. The van der Waals surface area contributed by atoms with Crippen molar-refractivity contribution < 1.29 is 8.42 Å². The average molecular weight is 214 g/mol. The highest BCUT2D eigenvalue weighted by Gasteiger charge is 2.23. The summed E-state index contributed by atoms with van der Waals surface area (Å²) in [6, 6.07) is 3.16. The molecule has 0 saturated carbocycles. The molecular formula is C7H10N4O2S. The fraction of sp³-hybridized carbons (Fsp3) is 0.429. The second-order valence-corrected chi connectivity index (χ2v) is 4.70. The molecule has 0 saturated heterocycles. The number of hydrogen-bond donors (Lipinski definition) is 0. The van der Waals surface area contributed by atoms with Crippen LogP contribution in [-0.4, -0.2) is 36.1 Å². The first kappa shape index (κ1) is 10.7. The van der Waals surface area contributed by atoms with Gasteiger partial charge in [-0.05, 0) is 6.07 Å². The van der Waals surface area contributed by atoms with Crippen molar-refractivity contribution in [3.05, 3.63) is 12.3 Å². The van der Waals surface area contributed by atoms with Crippen LogP contribution in [0.15, 0.2) is 17.3 Å². The van der Waals surface area contributed by atoms with Gasteiger partial charge in [-0.15, -0.1) is 0 Å². The van der Waals surface area contributed by atoms with Gasteiger partial charge in [0.2, 0.25) is 0 Å². The lowest BCUT2D eigenvalue weighted by atomic mass is 10.7. The minimum absolute atomic E-state index is 0.0789. The van der Waals surface area contributed by atoms with Crippen LogP contribution in [0.3, 0.4) is 0 Å². The van der Waals surface area contributed by atoms with E-state index in [0.29, 0.717) is 0 Å². The van der Waals surface area contributed by atoms with Crippen LogP contribution in [0.25, 0.3) is 0 Å². The Hall–Kier alpha value is -1.39. The average Bonchev–Trinajstić information content (AvgIpc) is 2.52. The highest BCUT2D eigenvalue weighted by atomic mass is 32.2. The summed E-state index contributed by atoms with van der Waals surface area (Å²) in [6.07, 6.45) is 1.40. The lowest BCUT2D eigenvalue weighted by molar-refractivity contribution is 0.489. The van der Waals surface area contributed by atoms with Gasteiger partial charge in [-0.25, -0.2) is 8.42 Å². The maximum Gasteiger partial charge on any atom is 0.260 e. The third kappa shape index (κ3) is 1.76. The highest BCUT2D eigenvalue weighted by Crippen LogP contribution is 2.11. The molecule has 0 radical (unpaired) electrons. The van der Waals surface area contributed by atoms with Crippen LogP contribution in [-0.2, 0) is 17.1 Å². The van der Waals surface area contributed by atoms with Gasteiger partial charge in [-0.1, -0.05) is 0 Å². The molecule has 0 aliphatic carbocycles. The molecule has 0 aromatic carbocycles. The topological polar surface area (TPSA) is 79.0 Å². The Kier molecular flexibility index (Phi) is 2.88. The van der Waals surface area contributed by atoms with Crippen molar-refractivity contribution in [3.8, 4) is 6.07 Å². The van der Waals surface area contributed by atoms with E-state index in [1.165, 1.54) is 31.0 Å². The van der Waals surface area contributed by atoms with Crippen molar-refractivity contribution in [2.75, 3.05) is 13.6 Å². The first-order valence-corrected chi connectivity index (χ1v) is 5.25. The quantitative estimate of drug-likeness (QED) is 0.639. The third-order valence-corrected chi connectivity index (χ3v) is 3.62. The molecule has 1 aromatic heterocycles. The maximum absolute atomic E-state index is 11.7. The molecule has 6 nitrogen and oxygen atoms in total. The Morgan fingerprint density at radius 2 is 2.36 bits per heavy atom. The minimum atomic E-state index is -3.58. The fourth-order valence-electron chi connectivity index (χ4n) is 0.959. The zero-order chi connectivity index (χ0) is 10.8. The van der Waals surface area contributed by atoms with Crippen molar-refractivity contribution in [2.45, 2.75) is 5.03 Å². The van der Waals surface area contributed by atoms with Crippen LogP contribution in [0.5, 0.6) is 0 Å². The molecule has 0 bridgehead atoms. The van der Waals surface area contributed by atoms with Gasteiger partial charge in [0.05, 0.1) is 12.3 Å². The number of hydrogen-bond acceptors (Lipinski definition) is 4. The van der Waals surface area contributed by atoms with Crippen LogP contribution in [0.1, 0.15) is 0 Å². The normalized spacial score (nSPS) is 11.6. The summed E-state index contributed by atoms with van der Waals surface area (Å²) in [6.45, 7) is -0.173. The molecular weight excluding hydrogens is 204 g/mol. The Bertz CT molecular complexity index is 456. The largest absolute Gasteiger partial charge is 0.260 e. The predicted octanol–water partition coefficient (Wildman–Crippen LogP) is -0.436.